The summed E-state index contributed by atoms with van der Waals surface area (Å²) in [4.78, 5) is 1.34. The van der Waals surface area contributed by atoms with Gasteiger partial charge >= 0.3 is 0 Å². The van der Waals surface area contributed by atoms with E-state index in [0.29, 0.717) is 6.42 Å². The second-order valence-corrected chi connectivity index (χ2v) is 4.16. The van der Waals surface area contributed by atoms with Crippen molar-refractivity contribution in [3.05, 3.63) is 0 Å². The molecule has 1 aliphatic rings. The molecule has 13 heavy (non-hydrogen) atoms. The van der Waals surface area contributed by atoms with Crippen molar-refractivity contribution < 1.29 is 12.9 Å². The fraction of sp³-hybridized carbons (Fsp3) is 1.00. The molecule has 1 aliphatic heterocycles. The summed E-state index contributed by atoms with van der Waals surface area (Å²) in [6.07, 6.45) is -1.52. The molecule has 78 valence electrons. The van der Waals surface area contributed by atoms with E-state index >= 15 is 0 Å². The Kier molecular flexibility index (Phi) is 2.15. The molecule has 1 saturated heterocycles. The average molecular weight is 194 g/mol. The van der Waals surface area contributed by atoms with Crippen molar-refractivity contribution >= 4 is 0 Å². The molecule has 0 N–H and O–H groups in total. The lowest BCUT2D eigenvalue weighted by molar-refractivity contribution is -0.0492. The van der Waals surface area contributed by atoms with E-state index in [0.717, 1.165) is 0 Å². The maximum atomic E-state index is 12.9. The van der Waals surface area contributed by atoms with Gasteiger partial charge in [0.25, 0.3) is 0 Å². The first-order valence-corrected chi connectivity index (χ1v) is 4.74. The van der Waals surface area contributed by atoms with Gasteiger partial charge in [0.1, 0.15) is 0 Å². The van der Waals surface area contributed by atoms with Crippen LogP contribution in [0.4, 0.5) is 8.78 Å². The normalized spacial score (nSPS) is 41.3. The first-order chi connectivity index (χ1) is 7.20. The minimum atomic E-state index is -2.36. The first kappa shape index (κ1) is 7.16. The first-order valence-electron chi connectivity index (χ1n) is 6.24. The molecule has 0 aromatic carbocycles. The number of likely N-dealkylation sites (tertiary alicyclic amines) is 1. The summed E-state index contributed by atoms with van der Waals surface area (Å²) in [7, 11) is 0. The molecule has 0 spiro atoms. The summed E-state index contributed by atoms with van der Waals surface area (Å²) in [6.45, 7) is 1.92. The number of piperidine rings is 1. The van der Waals surface area contributed by atoms with Gasteiger partial charge in [0.05, 0.1) is 0 Å². The van der Waals surface area contributed by atoms with Crippen LogP contribution in [0.25, 0.3) is 0 Å². The standard InChI is InChI=1S/C10H19F2N/c1-4-10(2)7-13(3)6-5-8(10)9(11)12/h8-9H,4-7H2,1-3H3/t8-,10-/m1/s1/i3D3. The van der Waals surface area contributed by atoms with E-state index in [-0.39, 0.29) is 19.5 Å². The lowest BCUT2D eigenvalue weighted by Crippen LogP contribution is -2.47. The van der Waals surface area contributed by atoms with Crippen LogP contribution in [0, 0.1) is 11.3 Å². The van der Waals surface area contributed by atoms with Crippen LogP contribution >= 0.6 is 0 Å². The predicted octanol–water partition coefficient (Wildman–Crippen LogP) is 2.62. The molecule has 0 bridgehead atoms. The number of rotatable bonds is 2. The lowest BCUT2D eigenvalue weighted by atomic mass is 9.71. The second-order valence-electron chi connectivity index (χ2n) is 4.16. The van der Waals surface area contributed by atoms with E-state index in [4.69, 9.17) is 4.11 Å². The molecule has 0 amide bonds. The fourth-order valence-corrected chi connectivity index (χ4v) is 2.08. The van der Waals surface area contributed by atoms with Gasteiger partial charge in [-0.15, -0.1) is 0 Å². The van der Waals surface area contributed by atoms with Gasteiger partial charge < -0.3 is 4.90 Å². The second kappa shape index (κ2) is 3.91. The molecule has 0 aromatic rings. The Morgan fingerprint density at radius 3 is 2.85 bits per heavy atom. The molecule has 0 aromatic heterocycles. The number of halogens is 2. The molecule has 1 rings (SSSR count). The lowest BCUT2D eigenvalue weighted by Gasteiger charge is -2.44. The molecule has 2 atom stereocenters. The smallest absolute Gasteiger partial charge is 0.242 e. The summed E-state index contributed by atoms with van der Waals surface area (Å²) in [5.41, 5.74) is -0.596. The molecule has 0 unspecified atom stereocenters. The van der Waals surface area contributed by atoms with Crippen molar-refractivity contribution in [2.24, 2.45) is 11.3 Å². The largest absolute Gasteiger partial charge is 0.306 e. The minimum Gasteiger partial charge on any atom is -0.306 e. The van der Waals surface area contributed by atoms with Crippen LogP contribution in [0.5, 0.6) is 0 Å². The Hall–Kier alpha value is -0.180. The van der Waals surface area contributed by atoms with Crippen molar-refractivity contribution in [2.75, 3.05) is 20.1 Å². The molecule has 1 heterocycles. The van der Waals surface area contributed by atoms with Crippen LogP contribution in [0.15, 0.2) is 0 Å². The molecular formula is C10H19F2N. The van der Waals surface area contributed by atoms with Gasteiger partial charge in [0.15, 0.2) is 0 Å². The molecule has 0 aliphatic carbocycles. The van der Waals surface area contributed by atoms with Gasteiger partial charge in [-0.1, -0.05) is 13.8 Å². The third-order valence-electron chi connectivity index (χ3n) is 3.27. The number of hydrogen-bond donors (Lipinski definition) is 0. The number of nitrogens with zero attached hydrogens (tertiary/aromatic N) is 1. The van der Waals surface area contributed by atoms with Crippen molar-refractivity contribution in [2.45, 2.75) is 33.1 Å². The Labute approximate surface area is 83.3 Å². The maximum Gasteiger partial charge on any atom is 0.242 e. The highest BCUT2D eigenvalue weighted by Crippen LogP contribution is 2.41. The molecule has 0 saturated carbocycles. The quantitative estimate of drug-likeness (QED) is 0.653. The number of alkyl halides is 2. The third-order valence-corrected chi connectivity index (χ3v) is 3.27. The van der Waals surface area contributed by atoms with E-state index in [1.807, 2.05) is 6.92 Å². The Bertz CT molecular complexity index is 245. The Balaban J connectivity index is 2.82. The maximum absolute atomic E-state index is 12.9. The van der Waals surface area contributed by atoms with Crippen LogP contribution in [0.2, 0.25) is 0 Å². The Morgan fingerprint density at radius 2 is 2.38 bits per heavy atom. The number of hydrogen-bond acceptors (Lipinski definition) is 1. The van der Waals surface area contributed by atoms with Crippen LogP contribution in [0.1, 0.15) is 30.8 Å². The fourth-order valence-electron chi connectivity index (χ4n) is 2.08. The monoisotopic (exact) mass is 194 g/mol. The highest BCUT2D eigenvalue weighted by Gasteiger charge is 2.41. The van der Waals surface area contributed by atoms with E-state index in [9.17, 15) is 8.78 Å². The summed E-state index contributed by atoms with van der Waals surface area (Å²) < 4.78 is 47.7. The van der Waals surface area contributed by atoms with Crippen molar-refractivity contribution in [1.29, 1.82) is 0 Å². The van der Waals surface area contributed by atoms with Crippen LogP contribution in [-0.2, 0) is 0 Å². The van der Waals surface area contributed by atoms with Crippen molar-refractivity contribution in [1.82, 2.24) is 4.90 Å². The Morgan fingerprint density at radius 1 is 1.69 bits per heavy atom. The van der Waals surface area contributed by atoms with Crippen LogP contribution in [0.3, 0.4) is 0 Å². The van der Waals surface area contributed by atoms with Crippen LogP contribution in [-0.4, -0.2) is 31.4 Å². The summed E-state index contributed by atoms with van der Waals surface area (Å²) in [5.74, 6) is -0.684. The summed E-state index contributed by atoms with van der Waals surface area (Å²) in [5, 5.41) is 0. The molecule has 3 heteroatoms. The average Bonchev–Trinajstić information content (AvgIpc) is 2.15. The molecule has 1 nitrogen and oxygen atoms in total. The van der Waals surface area contributed by atoms with E-state index in [2.05, 4.69) is 0 Å². The SMILES string of the molecule is [2H]C([2H])([2H])N1CC[C@H](C(F)F)[C@](C)(CC)C1. The summed E-state index contributed by atoms with van der Waals surface area (Å²) >= 11 is 0. The molecular weight excluding hydrogens is 172 g/mol. The van der Waals surface area contributed by atoms with Crippen molar-refractivity contribution in [3.63, 3.8) is 0 Å². The highest BCUT2D eigenvalue weighted by atomic mass is 19.3. The van der Waals surface area contributed by atoms with Crippen LogP contribution < -0.4 is 0 Å². The third kappa shape index (κ3) is 2.19. The highest BCUT2D eigenvalue weighted by molar-refractivity contribution is 4.89. The van der Waals surface area contributed by atoms with Gasteiger partial charge in [0, 0.05) is 16.6 Å². The zero-order valence-corrected chi connectivity index (χ0v) is 8.19. The van der Waals surface area contributed by atoms with E-state index in [1.54, 1.807) is 6.92 Å². The van der Waals surface area contributed by atoms with Gasteiger partial charge in [-0.05, 0) is 31.8 Å². The summed E-state index contributed by atoms with van der Waals surface area (Å²) in [6, 6.07) is 0. The van der Waals surface area contributed by atoms with Gasteiger partial charge in [0.2, 0.25) is 6.43 Å². The minimum absolute atomic E-state index is 0.231. The predicted molar refractivity (Wildman–Crippen MR) is 50.0 cm³/mol. The topological polar surface area (TPSA) is 3.24 Å². The zero-order valence-electron chi connectivity index (χ0n) is 11.2. The molecule has 0 radical (unpaired) electrons. The molecule has 1 fully saturated rings. The van der Waals surface area contributed by atoms with Gasteiger partial charge in [-0.2, -0.15) is 0 Å². The zero-order chi connectivity index (χ0) is 12.6. The van der Waals surface area contributed by atoms with Crippen molar-refractivity contribution in [3.8, 4) is 0 Å². The van der Waals surface area contributed by atoms with Gasteiger partial charge in [-0.25, -0.2) is 8.78 Å². The van der Waals surface area contributed by atoms with E-state index in [1.165, 1.54) is 4.90 Å². The van der Waals surface area contributed by atoms with Gasteiger partial charge in [-0.3, -0.25) is 0 Å². The van der Waals surface area contributed by atoms with E-state index < -0.39 is 24.7 Å².